The standard InChI is InChI=1S/C21H17N7O/c1-2-23-21(29)14-7-12(9-22-10-14)13-8-15-18(27-28-19(15)24-11-13)20-25-16-5-3-4-6-17(16)26-20/h3-11H,2H2,1H3,(H,23,29)(H,25,26)(H,24,27,28). The Kier molecular flexibility index (Phi) is 4.02. The van der Waals surface area contributed by atoms with Gasteiger partial charge >= 0.3 is 0 Å². The highest BCUT2D eigenvalue weighted by molar-refractivity contribution is 5.96. The number of benzene rings is 1. The molecule has 0 spiro atoms. The first kappa shape index (κ1) is 17.1. The number of H-pyrrole nitrogens is 2. The van der Waals surface area contributed by atoms with Crippen molar-refractivity contribution in [1.29, 1.82) is 0 Å². The van der Waals surface area contributed by atoms with E-state index in [-0.39, 0.29) is 5.91 Å². The van der Waals surface area contributed by atoms with Crippen molar-refractivity contribution >= 4 is 28.0 Å². The molecule has 142 valence electrons. The molecule has 0 atom stereocenters. The molecule has 8 nitrogen and oxygen atoms in total. The maximum absolute atomic E-state index is 12.1. The van der Waals surface area contributed by atoms with Gasteiger partial charge in [0.25, 0.3) is 5.91 Å². The summed E-state index contributed by atoms with van der Waals surface area (Å²) in [5, 5.41) is 10.9. The van der Waals surface area contributed by atoms with Crippen molar-refractivity contribution in [2.24, 2.45) is 0 Å². The lowest BCUT2D eigenvalue weighted by atomic mass is 10.1. The van der Waals surface area contributed by atoms with Crippen LogP contribution in [0.3, 0.4) is 0 Å². The van der Waals surface area contributed by atoms with Gasteiger partial charge in [0.1, 0.15) is 5.69 Å². The molecule has 8 heteroatoms. The zero-order valence-electron chi connectivity index (χ0n) is 15.6. The van der Waals surface area contributed by atoms with Gasteiger partial charge in [0.2, 0.25) is 0 Å². The fraction of sp³-hybridized carbons (Fsp3) is 0.0952. The van der Waals surface area contributed by atoms with Crippen LogP contribution in [0.15, 0.2) is 55.0 Å². The molecule has 0 aliphatic carbocycles. The van der Waals surface area contributed by atoms with Crippen LogP contribution >= 0.6 is 0 Å². The fourth-order valence-corrected chi connectivity index (χ4v) is 3.29. The predicted molar refractivity (Wildman–Crippen MR) is 110 cm³/mol. The summed E-state index contributed by atoms with van der Waals surface area (Å²) in [7, 11) is 0. The summed E-state index contributed by atoms with van der Waals surface area (Å²) in [4.78, 5) is 28.8. The second kappa shape index (κ2) is 6.83. The fourth-order valence-electron chi connectivity index (χ4n) is 3.29. The lowest BCUT2D eigenvalue weighted by molar-refractivity contribution is 0.0955. The number of nitrogens with zero attached hydrogens (tertiary/aromatic N) is 4. The van der Waals surface area contributed by atoms with Gasteiger partial charge < -0.3 is 10.3 Å². The van der Waals surface area contributed by atoms with Gasteiger partial charge in [-0.05, 0) is 31.2 Å². The van der Waals surface area contributed by atoms with E-state index >= 15 is 0 Å². The monoisotopic (exact) mass is 383 g/mol. The van der Waals surface area contributed by atoms with E-state index in [1.165, 1.54) is 0 Å². The van der Waals surface area contributed by atoms with Gasteiger partial charge in [-0.2, -0.15) is 5.10 Å². The lowest BCUT2D eigenvalue weighted by Crippen LogP contribution is -2.22. The number of hydrogen-bond acceptors (Lipinski definition) is 5. The largest absolute Gasteiger partial charge is 0.352 e. The second-order valence-electron chi connectivity index (χ2n) is 6.62. The van der Waals surface area contributed by atoms with Crippen molar-refractivity contribution < 1.29 is 4.79 Å². The third kappa shape index (κ3) is 3.00. The van der Waals surface area contributed by atoms with Gasteiger partial charge in [-0.1, -0.05) is 12.1 Å². The molecule has 5 rings (SSSR count). The molecule has 0 aliphatic rings. The number of aromatic amines is 2. The first-order valence-corrected chi connectivity index (χ1v) is 9.26. The summed E-state index contributed by atoms with van der Waals surface area (Å²) < 4.78 is 0. The third-order valence-corrected chi connectivity index (χ3v) is 4.71. The quantitative estimate of drug-likeness (QED) is 0.441. The van der Waals surface area contributed by atoms with E-state index in [2.05, 4.69) is 35.5 Å². The Labute approximate surface area is 165 Å². The number of carbonyl (C=O) groups is 1. The van der Waals surface area contributed by atoms with Crippen molar-refractivity contribution in [3.63, 3.8) is 0 Å². The van der Waals surface area contributed by atoms with E-state index in [4.69, 9.17) is 0 Å². The topological polar surface area (TPSA) is 112 Å². The average Bonchev–Trinajstić information content (AvgIpc) is 3.37. The smallest absolute Gasteiger partial charge is 0.252 e. The van der Waals surface area contributed by atoms with Gasteiger partial charge in [-0.3, -0.25) is 14.9 Å². The van der Waals surface area contributed by atoms with E-state index in [9.17, 15) is 4.79 Å². The highest BCUT2D eigenvalue weighted by Crippen LogP contribution is 2.29. The zero-order valence-corrected chi connectivity index (χ0v) is 15.6. The number of amides is 1. The Morgan fingerprint density at radius 3 is 2.83 bits per heavy atom. The van der Waals surface area contributed by atoms with Crippen molar-refractivity contribution in [1.82, 2.24) is 35.5 Å². The zero-order chi connectivity index (χ0) is 19.8. The maximum atomic E-state index is 12.1. The molecule has 0 bridgehead atoms. The average molecular weight is 383 g/mol. The molecule has 3 N–H and O–H groups in total. The number of imidazole rings is 1. The van der Waals surface area contributed by atoms with E-state index in [1.807, 2.05) is 43.3 Å². The van der Waals surface area contributed by atoms with E-state index in [0.717, 1.165) is 33.2 Å². The number of pyridine rings is 2. The van der Waals surface area contributed by atoms with Crippen LogP contribution in [0.2, 0.25) is 0 Å². The first-order chi connectivity index (χ1) is 14.2. The lowest BCUT2D eigenvalue weighted by Gasteiger charge is -2.05. The van der Waals surface area contributed by atoms with Crippen LogP contribution in [0.25, 0.3) is 44.7 Å². The molecule has 29 heavy (non-hydrogen) atoms. The Hall–Kier alpha value is -4.07. The van der Waals surface area contributed by atoms with Crippen LogP contribution < -0.4 is 5.32 Å². The molecule has 0 unspecified atom stereocenters. The summed E-state index contributed by atoms with van der Waals surface area (Å²) in [6.07, 6.45) is 4.99. The number of nitrogens with one attached hydrogen (secondary N) is 3. The summed E-state index contributed by atoms with van der Waals surface area (Å²) >= 11 is 0. The minimum absolute atomic E-state index is 0.151. The van der Waals surface area contributed by atoms with Gasteiger partial charge in [-0.15, -0.1) is 0 Å². The van der Waals surface area contributed by atoms with E-state index in [0.29, 0.717) is 23.6 Å². The van der Waals surface area contributed by atoms with Crippen molar-refractivity contribution in [3.05, 3.63) is 60.6 Å². The Bertz CT molecular complexity index is 1320. The van der Waals surface area contributed by atoms with Crippen molar-refractivity contribution in [3.8, 4) is 22.6 Å². The molecule has 0 radical (unpaired) electrons. The van der Waals surface area contributed by atoms with Gasteiger partial charge in [0.15, 0.2) is 11.5 Å². The highest BCUT2D eigenvalue weighted by Gasteiger charge is 2.14. The van der Waals surface area contributed by atoms with Crippen LogP contribution in [0.5, 0.6) is 0 Å². The molecule has 1 aromatic carbocycles. The van der Waals surface area contributed by atoms with Gasteiger partial charge in [-0.25, -0.2) is 9.97 Å². The van der Waals surface area contributed by atoms with Crippen LogP contribution in [-0.4, -0.2) is 42.6 Å². The molecule has 1 amide bonds. The summed E-state index contributed by atoms with van der Waals surface area (Å²) in [6.45, 7) is 2.44. The predicted octanol–water partition coefficient (Wildman–Crippen LogP) is 3.31. The Morgan fingerprint density at radius 2 is 1.97 bits per heavy atom. The number of hydrogen-bond donors (Lipinski definition) is 3. The summed E-state index contributed by atoms with van der Waals surface area (Å²) in [6, 6.07) is 11.6. The van der Waals surface area contributed by atoms with Crippen LogP contribution in [0, 0.1) is 0 Å². The minimum Gasteiger partial charge on any atom is -0.352 e. The summed E-state index contributed by atoms with van der Waals surface area (Å²) in [5.41, 5.74) is 5.35. The van der Waals surface area contributed by atoms with E-state index in [1.54, 1.807) is 18.6 Å². The highest BCUT2D eigenvalue weighted by atomic mass is 16.1. The molecule has 0 saturated heterocycles. The second-order valence-corrected chi connectivity index (χ2v) is 6.62. The Morgan fingerprint density at radius 1 is 1.10 bits per heavy atom. The SMILES string of the molecule is CCNC(=O)c1cncc(-c2cnc3n[nH]c(-c4nc5ccccc5[nH]4)c3c2)c1. The minimum atomic E-state index is -0.151. The molecular weight excluding hydrogens is 366 g/mol. The first-order valence-electron chi connectivity index (χ1n) is 9.26. The molecule has 0 saturated carbocycles. The molecule has 4 aromatic heterocycles. The van der Waals surface area contributed by atoms with Crippen molar-refractivity contribution in [2.75, 3.05) is 6.54 Å². The number of rotatable bonds is 4. The van der Waals surface area contributed by atoms with Gasteiger partial charge in [0.05, 0.1) is 22.0 Å². The molecule has 0 fully saturated rings. The molecule has 4 heterocycles. The Balaban J connectivity index is 1.60. The van der Waals surface area contributed by atoms with Crippen LogP contribution in [-0.2, 0) is 0 Å². The molecule has 5 aromatic rings. The summed E-state index contributed by atoms with van der Waals surface area (Å²) in [5.74, 6) is 0.545. The van der Waals surface area contributed by atoms with Gasteiger partial charge in [0, 0.05) is 36.3 Å². The van der Waals surface area contributed by atoms with Crippen molar-refractivity contribution in [2.45, 2.75) is 6.92 Å². The molecular formula is C21H17N7O. The number of para-hydroxylation sites is 2. The van der Waals surface area contributed by atoms with Crippen LogP contribution in [0.4, 0.5) is 0 Å². The maximum Gasteiger partial charge on any atom is 0.252 e. The van der Waals surface area contributed by atoms with Crippen LogP contribution in [0.1, 0.15) is 17.3 Å². The number of fused-ring (bicyclic) bond motifs is 2. The normalized spacial score (nSPS) is 11.2. The number of aromatic nitrogens is 6. The van der Waals surface area contributed by atoms with E-state index < -0.39 is 0 Å². The number of carbonyl (C=O) groups excluding carboxylic acids is 1. The molecule has 0 aliphatic heterocycles. The third-order valence-electron chi connectivity index (χ3n) is 4.71.